The van der Waals surface area contributed by atoms with Gasteiger partial charge in [-0.05, 0) is 0 Å². The van der Waals surface area contributed by atoms with Crippen molar-refractivity contribution in [2.24, 2.45) is 11.5 Å². The first-order chi connectivity index (χ1) is 10.7. The quantitative estimate of drug-likeness (QED) is 0.215. The maximum Gasteiger partial charge on any atom is 0.320 e. The number of hydrogen-bond donors (Lipinski definition) is 8. The van der Waals surface area contributed by atoms with Crippen molar-refractivity contribution in [1.82, 2.24) is 9.97 Å². The van der Waals surface area contributed by atoms with Crippen molar-refractivity contribution in [1.29, 1.82) is 0 Å². The molecule has 0 bridgehead atoms. The number of carbonyl (C=O) groups excluding carboxylic acids is 1. The first-order valence-electron chi connectivity index (χ1n) is 6.56. The van der Waals surface area contributed by atoms with Crippen LogP contribution in [0.5, 0.6) is 0 Å². The summed E-state index contributed by atoms with van der Waals surface area (Å²) < 4.78 is 0. The molecule has 1 aromatic rings. The van der Waals surface area contributed by atoms with Crippen LogP contribution in [-0.2, 0) is 16.0 Å². The summed E-state index contributed by atoms with van der Waals surface area (Å²) in [6, 6.07) is -2.13. The minimum atomic E-state index is -1.62. The third kappa shape index (κ3) is 7.78. The zero-order chi connectivity index (χ0) is 18.0. The Morgan fingerprint density at radius 2 is 1.91 bits per heavy atom. The molecule has 0 spiro atoms. The first-order valence-corrected chi connectivity index (χ1v) is 6.56. The molecule has 0 saturated heterocycles. The number of rotatable bonds is 8. The number of H-pyrrole nitrogens is 1. The molecule has 0 amide bonds. The predicted molar refractivity (Wildman–Crippen MR) is 77.0 cm³/mol. The molecule has 132 valence electrons. The van der Waals surface area contributed by atoms with Crippen molar-refractivity contribution in [3.8, 4) is 0 Å². The number of carboxylic acid groups (broad SMARTS) is 1. The smallest absolute Gasteiger partial charge is 0.320 e. The van der Waals surface area contributed by atoms with Crippen LogP contribution in [0.15, 0.2) is 12.5 Å². The highest BCUT2D eigenvalue weighted by molar-refractivity contribution is 5.73. The van der Waals surface area contributed by atoms with Crippen LogP contribution in [0.2, 0.25) is 0 Å². The third-order valence-corrected chi connectivity index (χ3v) is 2.78. The van der Waals surface area contributed by atoms with Gasteiger partial charge in [0.25, 0.3) is 0 Å². The van der Waals surface area contributed by atoms with Crippen molar-refractivity contribution in [2.45, 2.75) is 36.8 Å². The van der Waals surface area contributed by atoms with Gasteiger partial charge in [-0.2, -0.15) is 0 Å². The molecule has 11 heteroatoms. The lowest BCUT2D eigenvalue weighted by Crippen LogP contribution is -2.49. The van der Waals surface area contributed by atoms with Gasteiger partial charge in [-0.25, -0.2) is 4.98 Å². The van der Waals surface area contributed by atoms with Gasteiger partial charge in [-0.1, -0.05) is 0 Å². The molecule has 0 saturated carbocycles. The SMILES string of the molecule is N[C@@H](C=O)[C@@H](O)[C@H](O)[C@H](O)CO.N[C@@H](Cc1c[nH]cn1)C(=O)O. The van der Waals surface area contributed by atoms with E-state index >= 15 is 0 Å². The zero-order valence-electron chi connectivity index (χ0n) is 12.2. The molecular weight excluding hydrogens is 312 g/mol. The lowest BCUT2D eigenvalue weighted by molar-refractivity contribution is -0.138. The number of carboxylic acids is 1. The highest BCUT2D eigenvalue weighted by atomic mass is 16.4. The molecule has 0 aromatic carbocycles. The molecule has 1 heterocycles. The average Bonchev–Trinajstić information content (AvgIpc) is 3.05. The van der Waals surface area contributed by atoms with E-state index in [0.717, 1.165) is 0 Å². The van der Waals surface area contributed by atoms with Gasteiger partial charge in [0.15, 0.2) is 0 Å². The number of nitrogens with two attached hydrogens (primary N) is 2. The highest BCUT2D eigenvalue weighted by Crippen LogP contribution is 2.01. The first kappa shape index (κ1) is 21.1. The van der Waals surface area contributed by atoms with Gasteiger partial charge < -0.3 is 46.8 Å². The molecule has 1 rings (SSSR count). The van der Waals surface area contributed by atoms with E-state index in [1.165, 1.54) is 6.33 Å². The third-order valence-electron chi connectivity index (χ3n) is 2.78. The van der Waals surface area contributed by atoms with Crippen molar-refractivity contribution < 1.29 is 35.1 Å². The van der Waals surface area contributed by atoms with Gasteiger partial charge in [-0.3, -0.25) is 4.79 Å². The maximum absolute atomic E-state index is 10.3. The van der Waals surface area contributed by atoms with Crippen LogP contribution in [0.25, 0.3) is 0 Å². The molecule has 5 atom stereocenters. The Hall–Kier alpha value is -1.89. The van der Waals surface area contributed by atoms with E-state index in [1.54, 1.807) is 6.20 Å². The lowest BCUT2D eigenvalue weighted by Gasteiger charge is -2.23. The van der Waals surface area contributed by atoms with Crippen LogP contribution >= 0.6 is 0 Å². The second kappa shape index (κ2) is 10.8. The Kier molecular flexibility index (Phi) is 9.89. The summed E-state index contributed by atoms with van der Waals surface area (Å²) in [7, 11) is 0. The number of aliphatic hydroxyl groups excluding tert-OH is 4. The summed E-state index contributed by atoms with van der Waals surface area (Å²) in [6.45, 7) is -0.705. The van der Waals surface area contributed by atoms with Crippen molar-refractivity contribution in [2.75, 3.05) is 6.61 Å². The van der Waals surface area contributed by atoms with Crippen LogP contribution < -0.4 is 11.5 Å². The van der Waals surface area contributed by atoms with Gasteiger partial charge in [0, 0.05) is 12.6 Å². The number of aldehydes is 1. The molecule has 0 aliphatic carbocycles. The van der Waals surface area contributed by atoms with E-state index in [4.69, 9.17) is 37.0 Å². The summed E-state index contributed by atoms with van der Waals surface area (Å²) >= 11 is 0. The Morgan fingerprint density at radius 3 is 2.30 bits per heavy atom. The number of nitrogens with one attached hydrogen (secondary N) is 1. The number of aromatic amines is 1. The minimum Gasteiger partial charge on any atom is -0.480 e. The second-order valence-electron chi connectivity index (χ2n) is 4.65. The van der Waals surface area contributed by atoms with E-state index in [2.05, 4.69) is 9.97 Å². The van der Waals surface area contributed by atoms with Crippen molar-refractivity contribution in [3.63, 3.8) is 0 Å². The standard InChI is InChI=1S/C6H9N3O2.C6H13NO5/c7-5(6(10)11)1-4-2-8-3-9-4;7-3(1-8)5(11)6(12)4(10)2-9/h2-3,5H,1,7H2,(H,8,9)(H,10,11);1,3-6,9-12H,2,7H2/t5-;3-,4+,5+,6+/m00/s1. The number of carbonyl (C=O) groups is 2. The van der Waals surface area contributed by atoms with Crippen molar-refractivity contribution >= 4 is 12.3 Å². The van der Waals surface area contributed by atoms with Crippen LogP contribution in [0.1, 0.15) is 5.69 Å². The normalized spacial score (nSPS) is 17.1. The van der Waals surface area contributed by atoms with E-state index in [-0.39, 0.29) is 12.7 Å². The number of aromatic nitrogens is 2. The molecule has 23 heavy (non-hydrogen) atoms. The number of hydrogen-bond acceptors (Lipinski definition) is 9. The fourth-order valence-electron chi connectivity index (χ4n) is 1.36. The van der Waals surface area contributed by atoms with Gasteiger partial charge in [-0.15, -0.1) is 0 Å². The molecule has 11 nitrogen and oxygen atoms in total. The van der Waals surface area contributed by atoms with Crippen molar-refractivity contribution in [3.05, 3.63) is 18.2 Å². The average molecular weight is 334 g/mol. The number of aliphatic hydroxyl groups is 4. The Morgan fingerprint density at radius 1 is 1.30 bits per heavy atom. The fraction of sp³-hybridized carbons (Fsp3) is 0.583. The number of nitrogens with zero attached hydrogens (tertiary/aromatic N) is 1. The summed E-state index contributed by atoms with van der Waals surface area (Å²) in [5.74, 6) is -1.01. The molecule has 0 fully saturated rings. The van der Waals surface area contributed by atoms with Crippen LogP contribution in [-0.4, -0.2) is 84.8 Å². The summed E-state index contributed by atoms with van der Waals surface area (Å²) in [5, 5.41) is 43.6. The molecule has 0 unspecified atom stereocenters. The largest absolute Gasteiger partial charge is 0.480 e. The van der Waals surface area contributed by atoms with E-state index in [9.17, 15) is 9.59 Å². The predicted octanol–water partition coefficient (Wildman–Crippen LogP) is -4.05. The van der Waals surface area contributed by atoms with Gasteiger partial charge in [0.05, 0.1) is 24.7 Å². The molecule has 0 aliphatic heterocycles. The van der Waals surface area contributed by atoms with Gasteiger partial charge >= 0.3 is 5.97 Å². The van der Waals surface area contributed by atoms with Gasteiger partial charge in [0.2, 0.25) is 0 Å². The molecule has 0 aliphatic rings. The minimum absolute atomic E-state index is 0.248. The number of aliphatic carboxylic acids is 1. The van der Waals surface area contributed by atoms with Crippen LogP contribution in [0.4, 0.5) is 0 Å². The summed E-state index contributed by atoms with van der Waals surface area (Å²) in [4.78, 5) is 26.8. The Balaban J connectivity index is 0.000000422. The van der Waals surface area contributed by atoms with Crippen LogP contribution in [0.3, 0.4) is 0 Å². The summed E-state index contributed by atoms with van der Waals surface area (Å²) in [6.07, 6.45) is -1.05. The molecule has 1 aromatic heterocycles. The Bertz CT molecular complexity index is 456. The van der Waals surface area contributed by atoms with E-state index in [0.29, 0.717) is 5.69 Å². The molecule has 10 N–H and O–H groups in total. The zero-order valence-corrected chi connectivity index (χ0v) is 12.2. The van der Waals surface area contributed by atoms with E-state index in [1.807, 2.05) is 0 Å². The van der Waals surface area contributed by atoms with E-state index < -0.39 is 43.0 Å². The highest BCUT2D eigenvalue weighted by Gasteiger charge is 2.28. The summed E-state index contributed by atoms with van der Waals surface area (Å²) in [5.41, 5.74) is 11.0. The lowest BCUT2D eigenvalue weighted by atomic mass is 10.0. The number of imidazole rings is 1. The van der Waals surface area contributed by atoms with Gasteiger partial charge in [0.1, 0.15) is 30.6 Å². The Labute approximate surface area is 131 Å². The topological polar surface area (TPSA) is 216 Å². The maximum atomic E-state index is 10.3. The van der Waals surface area contributed by atoms with Crippen LogP contribution in [0, 0.1) is 0 Å². The molecular formula is C12H22N4O7. The monoisotopic (exact) mass is 334 g/mol. The fourth-order valence-corrected chi connectivity index (χ4v) is 1.36. The molecule has 0 radical (unpaired) electrons. The second-order valence-corrected chi connectivity index (χ2v) is 4.65.